The third-order valence-corrected chi connectivity index (χ3v) is 4.96. The Kier molecular flexibility index (Phi) is 5.88. The minimum atomic E-state index is 0.0360. The molecule has 0 radical (unpaired) electrons. The Bertz CT molecular complexity index is 625. The summed E-state index contributed by atoms with van der Waals surface area (Å²) in [6.07, 6.45) is 0. The first-order valence-electron chi connectivity index (χ1n) is 6.74. The summed E-state index contributed by atoms with van der Waals surface area (Å²) in [4.78, 5) is 11.9. The zero-order chi connectivity index (χ0) is 15.2. The second kappa shape index (κ2) is 7.66. The smallest absolute Gasteiger partial charge is 0.234 e. The number of benzene rings is 2. The van der Waals surface area contributed by atoms with E-state index in [0.29, 0.717) is 5.75 Å². The number of rotatable bonds is 5. The van der Waals surface area contributed by atoms with Crippen molar-refractivity contribution in [3.05, 3.63) is 63.6 Å². The van der Waals surface area contributed by atoms with Crippen LogP contribution in [0.1, 0.15) is 16.7 Å². The number of amides is 1. The van der Waals surface area contributed by atoms with Crippen molar-refractivity contribution < 1.29 is 4.79 Å². The van der Waals surface area contributed by atoms with Gasteiger partial charge in [0.1, 0.15) is 0 Å². The van der Waals surface area contributed by atoms with E-state index in [1.165, 1.54) is 11.1 Å². The Morgan fingerprint density at radius 1 is 1.14 bits per heavy atom. The molecule has 1 N–H and O–H groups in total. The minimum Gasteiger partial charge on any atom is -0.325 e. The van der Waals surface area contributed by atoms with Gasteiger partial charge in [-0.1, -0.05) is 45.8 Å². The van der Waals surface area contributed by atoms with Crippen molar-refractivity contribution in [3.8, 4) is 0 Å². The van der Waals surface area contributed by atoms with Crippen molar-refractivity contribution >= 4 is 39.3 Å². The summed E-state index contributed by atoms with van der Waals surface area (Å²) in [5.41, 5.74) is 4.46. The first-order valence-corrected chi connectivity index (χ1v) is 8.68. The fourth-order valence-electron chi connectivity index (χ4n) is 1.87. The zero-order valence-electron chi connectivity index (χ0n) is 12.2. The summed E-state index contributed by atoms with van der Waals surface area (Å²) in [6.45, 7) is 4.08. The summed E-state index contributed by atoms with van der Waals surface area (Å²) >= 11 is 5.08. The molecular formula is C17H18BrNOS. The average molecular weight is 364 g/mol. The van der Waals surface area contributed by atoms with Crippen LogP contribution in [0.3, 0.4) is 0 Å². The minimum absolute atomic E-state index is 0.0360. The van der Waals surface area contributed by atoms with Crippen molar-refractivity contribution in [1.29, 1.82) is 0 Å². The lowest BCUT2D eigenvalue weighted by Crippen LogP contribution is -2.14. The van der Waals surface area contributed by atoms with E-state index in [2.05, 4.69) is 52.4 Å². The van der Waals surface area contributed by atoms with E-state index in [0.717, 1.165) is 21.5 Å². The molecule has 0 atom stereocenters. The predicted molar refractivity (Wildman–Crippen MR) is 94.8 cm³/mol. The Labute approximate surface area is 138 Å². The summed E-state index contributed by atoms with van der Waals surface area (Å²) in [7, 11) is 0. The standard InChI is InChI=1S/C17H18BrNOS/c1-12-3-5-14(6-4-12)10-21-11-17(20)19-15-7-8-16(18)13(2)9-15/h3-9H,10-11H2,1-2H3,(H,19,20). The Balaban J connectivity index is 1.79. The van der Waals surface area contributed by atoms with Gasteiger partial charge < -0.3 is 5.32 Å². The molecule has 0 aliphatic rings. The average Bonchev–Trinajstić information content (AvgIpc) is 2.45. The van der Waals surface area contributed by atoms with Crippen molar-refractivity contribution in [2.24, 2.45) is 0 Å². The molecule has 4 heteroatoms. The van der Waals surface area contributed by atoms with E-state index in [1.54, 1.807) is 11.8 Å². The number of aryl methyl sites for hydroxylation is 2. The summed E-state index contributed by atoms with van der Waals surface area (Å²) in [6, 6.07) is 14.2. The molecule has 0 saturated heterocycles. The molecular weight excluding hydrogens is 346 g/mol. The van der Waals surface area contributed by atoms with Crippen LogP contribution in [0.2, 0.25) is 0 Å². The lowest BCUT2D eigenvalue weighted by molar-refractivity contribution is -0.113. The van der Waals surface area contributed by atoms with Crippen molar-refractivity contribution in [3.63, 3.8) is 0 Å². The Morgan fingerprint density at radius 2 is 1.86 bits per heavy atom. The number of anilines is 1. The van der Waals surface area contributed by atoms with E-state index >= 15 is 0 Å². The van der Waals surface area contributed by atoms with Crippen LogP contribution in [-0.4, -0.2) is 11.7 Å². The third-order valence-electron chi connectivity index (χ3n) is 3.06. The predicted octanol–water partition coefficient (Wildman–Crippen LogP) is 4.94. The number of halogens is 1. The van der Waals surface area contributed by atoms with Crippen LogP contribution in [0.25, 0.3) is 0 Å². The molecule has 21 heavy (non-hydrogen) atoms. The van der Waals surface area contributed by atoms with Gasteiger partial charge in [0.25, 0.3) is 0 Å². The van der Waals surface area contributed by atoms with Gasteiger partial charge in [-0.25, -0.2) is 0 Å². The second-order valence-electron chi connectivity index (χ2n) is 4.99. The molecule has 2 aromatic rings. The maximum atomic E-state index is 11.9. The van der Waals surface area contributed by atoms with Crippen molar-refractivity contribution in [1.82, 2.24) is 0 Å². The molecule has 0 heterocycles. The molecule has 2 rings (SSSR count). The largest absolute Gasteiger partial charge is 0.325 e. The summed E-state index contributed by atoms with van der Waals surface area (Å²) in [5.74, 6) is 1.35. The first-order chi connectivity index (χ1) is 10.0. The van der Waals surface area contributed by atoms with Crippen LogP contribution in [0, 0.1) is 13.8 Å². The molecule has 2 nitrogen and oxygen atoms in total. The van der Waals surface area contributed by atoms with E-state index in [4.69, 9.17) is 0 Å². The fourth-order valence-corrected chi connectivity index (χ4v) is 2.90. The molecule has 0 aromatic heterocycles. The van der Waals surface area contributed by atoms with Gasteiger partial charge >= 0.3 is 0 Å². The molecule has 1 amide bonds. The number of thioether (sulfide) groups is 1. The number of nitrogens with one attached hydrogen (secondary N) is 1. The lowest BCUT2D eigenvalue weighted by atomic mass is 10.2. The Morgan fingerprint density at radius 3 is 2.52 bits per heavy atom. The number of carbonyl (C=O) groups is 1. The van der Waals surface area contributed by atoms with Crippen LogP contribution < -0.4 is 5.32 Å². The van der Waals surface area contributed by atoms with Crippen LogP contribution in [0.4, 0.5) is 5.69 Å². The maximum absolute atomic E-state index is 11.9. The van der Waals surface area contributed by atoms with Gasteiger partial charge in [-0.05, 0) is 43.2 Å². The number of hydrogen-bond donors (Lipinski definition) is 1. The summed E-state index contributed by atoms with van der Waals surface area (Å²) < 4.78 is 1.05. The highest BCUT2D eigenvalue weighted by atomic mass is 79.9. The monoisotopic (exact) mass is 363 g/mol. The van der Waals surface area contributed by atoms with Gasteiger partial charge in [0, 0.05) is 15.9 Å². The van der Waals surface area contributed by atoms with E-state index < -0.39 is 0 Å². The highest BCUT2D eigenvalue weighted by Crippen LogP contribution is 2.20. The van der Waals surface area contributed by atoms with Gasteiger partial charge in [-0.2, -0.15) is 0 Å². The molecule has 0 fully saturated rings. The van der Waals surface area contributed by atoms with Crippen LogP contribution in [0.15, 0.2) is 46.9 Å². The van der Waals surface area contributed by atoms with Crippen molar-refractivity contribution in [2.45, 2.75) is 19.6 Å². The highest BCUT2D eigenvalue weighted by molar-refractivity contribution is 9.10. The highest BCUT2D eigenvalue weighted by Gasteiger charge is 2.04. The number of carbonyl (C=O) groups excluding carboxylic acids is 1. The molecule has 110 valence electrons. The van der Waals surface area contributed by atoms with Gasteiger partial charge in [0.05, 0.1) is 5.75 Å². The lowest BCUT2D eigenvalue weighted by Gasteiger charge is -2.07. The first kappa shape index (κ1) is 16.1. The second-order valence-corrected chi connectivity index (χ2v) is 6.83. The van der Waals surface area contributed by atoms with Gasteiger partial charge in [0.15, 0.2) is 0 Å². The SMILES string of the molecule is Cc1ccc(CSCC(=O)Nc2ccc(Br)c(C)c2)cc1. The molecule has 0 aliphatic carbocycles. The van der Waals surface area contributed by atoms with E-state index in [1.807, 2.05) is 25.1 Å². The fraction of sp³-hybridized carbons (Fsp3) is 0.235. The molecule has 0 unspecified atom stereocenters. The molecule has 0 bridgehead atoms. The quantitative estimate of drug-likeness (QED) is 0.814. The number of hydrogen-bond acceptors (Lipinski definition) is 2. The topological polar surface area (TPSA) is 29.1 Å². The zero-order valence-corrected chi connectivity index (χ0v) is 14.6. The van der Waals surface area contributed by atoms with Crippen LogP contribution >= 0.6 is 27.7 Å². The van der Waals surface area contributed by atoms with E-state index in [-0.39, 0.29) is 5.91 Å². The molecule has 2 aromatic carbocycles. The molecule has 0 aliphatic heterocycles. The van der Waals surface area contributed by atoms with E-state index in [9.17, 15) is 4.79 Å². The van der Waals surface area contributed by atoms with Gasteiger partial charge in [0.2, 0.25) is 5.91 Å². The maximum Gasteiger partial charge on any atom is 0.234 e. The van der Waals surface area contributed by atoms with Crippen LogP contribution in [-0.2, 0) is 10.5 Å². The third kappa shape index (κ3) is 5.21. The summed E-state index contributed by atoms with van der Waals surface area (Å²) in [5, 5.41) is 2.92. The molecule has 0 saturated carbocycles. The molecule has 0 spiro atoms. The van der Waals surface area contributed by atoms with Gasteiger partial charge in [-0.3, -0.25) is 4.79 Å². The van der Waals surface area contributed by atoms with Gasteiger partial charge in [-0.15, -0.1) is 11.8 Å². The normalized spacial score (nSPS) is 10.4. The van der Waals surface area contributed by atoms with Crippen LogP contribution in [0.5, 0.6) is 0 Å². The van der Waals surface area contributed by atoms with Crippen molar-refractivity contribution in [2.75, 3.05) is 11.1 Å². The Hall–Kier alpha value is -1.26.